The summed E-state index contributed by atoms with van der Waals surface area (Å²) in [6, 6.07) is 7.08. The minimum Gasteiger partial charge on any atom is -0.357 e. The summed E-state index contributed by atoms with van der Waals surface area (Å²) in [4.78, 5) is 4.80. The van der Waals surface area contributed by atoms with E-state index in [0.29, 0.717) is 19.0 Å². The van der Waals surface area contributed by atoms with Crippen LogP contribution in [-0.4, -0.2) is 51.1 Å². The van der Waals surface area contributed by atoms with Crippen LogP contribution in [0.15, 0.2) is 23.2 Å². The van der Waals surface area contributed by atoms with E-state index in [1.807, 2.05) is 0 Å². The lowest BCUT2D eigenvalue weighted by Crippen LogP contribution is -2.40. The van der Waals surface area contributed by atoms with Gasteiger partial charge in [0.1, 0.15) is 0 Å². The quantitative estimate of drug-likeness (QED) is 0.325. The zero-order valence-electron chi connectivity index (χ0n) is 18.5. The van der Waals surface area contributed by atoms with Crippen LogP contribution in [0.2, 0.25) is 0 Å². The first-order chi connectivity index (χ1) is 13.9. The summed E-state index contributed by atoms with van der Waals surface area (Å²) < 4.78 is 24.9. The number of nitrogens with zero attached hydrogens (tertiary/aromatic N) is 2. The Morgan fingerprint density at radius 3 is 2.50 bits per heavy atom. The minimum atomic E-state index is -3.07. The van der Waals surface area contributed by atoms with Crippen LogP contribution in [-0.2, 0) is 22.9 Å². The number of guanidine groups is 1. The van der Waals surface area contributed by atoms with Crippen molar-refractivity contribution in [3.8, 4) is 0 Å². The highest BCUT2D eigenvalue weighted by Gasteiger charge is 2.24. The predicted molar refractivity (Wildman–Crippen MR) is 135 cm³/mol. The summed E-state index contributed by atoms with van der Waals surface area (Å²) in [5.74, 6) is 1.27. The van der Waals surface area contributed by atoms with E-state index in [2.05, 4.69) is 42.7 Å². The van der Waals surface area contributed by atoms with Gasteiger partial charge in [0.15, 0.2) is 5.96 Å². The highest BCUT2D eigenvalue weighted by Crippen LogP contribution is 2.25. The van der Waals surface area contributed by atoms with Crippen molar-refractivity contribution in [3.63, 3.8) is 0 Å². The summed E-state index contributed by atoms with van der Waals surface area (Å²) in [6.45, 7) is 7.01. The first kappa shape index (κ1) is 25.4. The molecule has 30 heavy (non-hydrogen) atoms. The highest BCUT2D eigenvalue weighted by atomic mass is 127. The third-order valence-electron chi connectivity index (χ3n) is 6.12. The predicted octanol–water partition coefficient (Wildman–Crippen LogP) is 3.47. The molecule has 1 saturated heterocycles. The van der Waals surface area contributed by atoms with Crippen LogP contribution in [0.5, 0.6) is 0 Å². The first-order valence-electron chi connectivity index (χ1n) is 11.0. The van der Waals surface area contributed by atoms with Gasteiger partial charge in [-0.2, -0.15) is 0 Å². The maximum absolute atomic E-state index is 11.7. The summed E-state index contributed by atoms with van der Waals surface area (Å²) in [7, 11) is -3.07. The van der Waals surface area contributed by atoms with E-state index in [1.165, 1.54) is 48.6 Å². The highest BCUT2D eigenvalue weighted by molar-refractivity contribution is 14.0. The fourth-order valence-corrected chi connectivity index (χ4v) is 5.15. The van der Waals surface area contributed by atoms with Crippen LogP contribution >= 0.6 is 24.0 Å². The monoisotopic (exact) mass is 548 g/mol. The van der Waals surface area contributed by atoms with Gasteiger partial charge in [-0.15, -0.1) is 24.0 Å². The molecule has 2 aliphatic rings. The van der Waals surface area contributed by atoms with Gasteiger partial charge in [-0.1, -0.05) is 18.2 Å². The molecule has 0 spiro atoms. The molecule has 1 aliphatic heterocycles. The maximum atomic E-state index is 11.7. The number of hydrogen-bond acceptors (Lipinski definition) is 3. The molecular weight excluding hydrogens is 511 g/mol. The zero-order valence-corrected chi connectivity index (χ0v) is 21.6. The molecule has 0 bridgehead atoms. The van der Waals surface area contributed by atoms with Crippen molar-refractivity contribution in [2.45, 2.75) is 58.4 Å². The molecule has 1 fully saturated rings. The number of nitrogens with one attached hydrogen (secondary N) is 2. The van der Waals surface area contributed by atoms with Crippen LogP contribution in [0.4, 0.5) is 0 Å². The normalized spacial score (nSPS) is 19.5. The summed E-state index contributed by atoms with van der Waals surface area (Å²) in [5.41, 5.74) is 4.31. The molecule has 1 unspecified atom stereocenters. The third kappa shape index (κ3) is 7.09. The molecule has 0 radical (unpaired) electrons. The van der Waals surface area contributed by atoms with Crippen molar-refractivity contribution in [2.24, 2.45) is 10.9 Å². The lowest BCUT2D eigenvalue weighted by Gasteiger charge is -2.29. The number of hydrogen-bond donors (Lipinski definition) is 2. The molecule has 1 aromatic rings. The Labute approximate surface area is 199 Å². The number of aryl methyl sites for hydroxylation is 2. The molecule has 1 atom stereocenters. The number of benzene rings is 1. The van der Waals surface area contributed by atoms with E-state index < -0.39 is 10.0 Å². The van der Waals surface area contributed by atoms with Gasteiger partial charge in [-0.05, 0) is 75.0 Å². The molecule has 1 aromatic carbocycles. The third-order valence-corrected chi connectivity index (χ3v) is 7.42. The molecule has 6 nitrogen and oxygen atoms in total. The van der Waals surface area contributed by atoms with E-state index >= 15 is 0 Å². The van der Waals surface area contributed by atoms with Crippen LogP contribution in [0.1, 0.15) is 62.3 Å². The number of halogens is 1. The molecule has 8 heteroatoms. The van der Waals surface area contributed by atoms with Crippen molar-refractivity contribution in [2.75, 3.05) is 32.4 Å². The van der Waals surface area contributed by atoms with Gasteiger partial charge in [-0.3, -0.25) is 4.99 Å². The van der Waals surface area contributed by atoms with Gasteiger partial charge in [0.05, 0.1) is 12.3 Å². The molecule has 2 N–H and O–H groups in total. The standard InChI is InChI=1S/C22H36N4O2S.HI/c1-4-23-22(24-16-18-11-13-26(14-12-18)29(3,27)28)25-17(2)20-10-9-19-7-5-6-8-21(19)15-20;/h9-10,15,17-18H,4-8,11-14,16H2,1-3H3,(H2,23,24,25);1H. The summed E-state index contributed by atoms with van der Waals surface area (Å²) >= 11 is 0. The van der Waals surface area contributed by atoms with Crippen molar-refractivity contribution in [3.05, 3.63) is 34.9 Å². The first-order valence-corrected chi connectivity index (χ1v) is 12.8. The van der Waals surface area contributed by atoms with E-state index in [-0.39, 0.29) is 30.0 Å². The molecule has 1 aliphatic carbocycles. The van der Waals surface area contributed by atoms with Gasteiger partial charge >= 0.3 is 0 Å². The molecule has 1 heterocycles. The average molecular weight is 549 g/mol. The Bertz CT molecular complexity index is 820. The van der Waals surface area contributed by atoms with Gasteiger partial charge in [0, 0.05) is 26.2 Å². The van der Waals surface area contributed by atoms with Crippen LogP contribution < -0.4 is 10.6 Å². The largest absolute Gasteiger partial charge is 0.357 e. The minimum absolute atomic E-state index is 0. The lowest BCUT2D eigenvalue weighted by atomic mass is 9.89. The lowest BCUT2D eigenvalue weighted by molar-refractivity contribution is 0.280. The smallest absolute Gasteiger partial charge is 0.211 e. The number of piperidine rings is 1. The average Bonchev–Trinajstić information content (AvgIpc) is 2.71. The molecule has 0 aromatic heterocycles. The van der Waals surface area contributed by atoms with E-state index in [9.17, 15) is 8.42 Å². The van der Waals surface area contributed by atoms with E-state index in [1.54, 1.807) is 4.31 Å². The van der Waals surface area contributed by atoms with E-state index in [4.69, 9.17) is 4.99 Å². The van der Waals surface area contributed by atoms with Crippen LogP contribution in [0.25, 0.3) is 0 Å². The second kappa shape index (κ2) is 11.7. The van der Waals surface area contributed by atoms with Crippen molar-refractivity contribution < 1.29 is 8.42 Å². The molecule has 3 rings (SSSR count). The number of aliphatic imine (C=N–C) groups is 1. The van der Waals surface area contributed by atoms with Crippen molar-refractivity contribution in [1.82, 2.24) is 14.9 Å². The number of rotatable bonds is 6. The Morgan fingerprint density at radius 2 is 1.87 bits per heavy atom. The number of fused-ring (bicyclic) bond motifs is 1. The topological polar surface area (TPSA) is 73.8 Å². The summed E-state index contributed by atoms with van der Waals surface area (Å²) in [5, 5.41) is 6.90. The van der Waals surface area contributed by atoms with Gasteiger partial charge in [-0.25, -0.2) is 12.7 Å². The van der Waals surface area contributed by atoms with Gasteiger partial charge in [0.2, 0.25) is 10.0 Å². The number of sulfonamides is 1. The second-order valence-corrected chi connectivity index (χ2v) is 10.4. The Morgan fingerprint density at radius 1 is 1.20 bits per heavy atom. The molecule has 0 saturated carbocycles. The SMILES string of the molecule is CCNC(=NCC1CCN(S(C)(=O)=O)CC1)NC(C)c1ccc2c(c1)CCCC2.I. The molecular formula is C22H37IN4O2S. The van der Waals surface area contributed by atoms with Crippen LogP contribution in [0.3, 0.4) is 0 Å². The fraction of sp³-hybridized carbons (Fsp3) is 0.682. The molecule has 170 valence electrons. The van der Waals surface area contributed by atoms with Crippen molar-refractivity contribution >= 4 is 40.0 Å². The fourth-order valence-electron chi connectivity index (χ4n) is 4.28. The van der Waals surface area contributed by atoms with Gasteiger partial charge in [0.25, 0.3) is 0 Å². The maximum Gasteiger partial charge on any atom is 0.211 e. The molecule has 0 amide bonds. The Kier molecular flexibility index (Phi) is 9.87. The Hall–Kier alpha value is -0.870. The van der Waals surface area contributed by atoms with Crippen LogP contribution in [0, 0.1) is 5.92 Å². The van der Waals surface area contributed by atoms with E-state index in [0.717, 1.165) is 31.9 Å². The zero-order chi connectivity index (χ0) is 20.9. The Balaban J connectivity index is 0.00000320. The van der Waals surface area contributed by atoms with Gasteiger partial charge < -0.3 is 10.6 Å². The summed E-state index contributed by atoms with van der Waals surface area (Å²) in [6.07, 6.45) is 8.03. The second-order valence-electron chi connectivity index (χ2n) is 8.43. The van der Waals surface area contributed by atoms with Crippen molar-refractivity contribution in [1.29, 1.82) is 0 Å².